The minimum Gasteiger partial charge on any atom is -0.497 e. The van der Waals surface area contributed by atoms with Crippen molar-refractivity contribution in [2.75, 3.05) is 33.4 Å². The number of rotatable bonds is 9. The Morgan fingerprint density at radius 3 is 2.33 bits per heavy atom. The SMILES string of the molecule is CCNC(=NCCCOCc1ccc(OC)cc1)NCC. The number of hydrogen-bond acceptors (Lipinski definition) is 3. The molecule has 2 N–H and O–H groups in total. The van der Waals surface area contributed by atoms with E-state index >= 15 is 0 Å². The summed E-state index contributed by atoms with van der Waals surface area (Å²) in [6.45, 7) is 7.97. The van der Waals surface area contributed by atoms with E-state index in [9.17, 15) is 0 Å². The summed E-state index contributed by atoms with van der Waals surface area (Å²) in [5, 5.41) is 6.39. The third kappa shape index (κ3) is 7.56. The molecule has 5 heteroatoms. The molecule has 0 spiro atoms. The van der Waals surface area contributed by atoms with Crippen molar-refractivity contribution in [2.24, 2.45) is 4.99 Å². The molecule has 0 bridgehead atoms. The Hall–Kier alpha value is -1.75. The smallest absolute Gasteiger partial charge is 0.191 e. The topological polar surface area (TPSA) is 54.9 Å². The molecule has 0 saturated carbocycles. The Balaban J connectivity index is 2.16. The Labute approximate surface area is 127 Å². The fourth-order valence-corrected chi connectivity index (χ4v) is 1.78. The minimum atomic E-state index is 0.626. The van der Waals surface area contributed by atoms with Crippen LogP contribution in [0.5, 0.6) is 5.75 Å². The summed E-state index contributed by atoms with van der Waals surface area (Å²) in [6.07, 6.45) is 0.913. The molecular formula is C16H27N3O2. The Bertz CT molecular complexity index is 396. The van der Waals surface area contributed by atoms with Gasteiger partial charge in [-0.1, -0.05) is 12.1 Å². The highest BCUT2D eigenvalue weighted by molar-refractivity contribution is 5.79. The molecule has 0 radical (unpaired) electrons. The fraction of sp³-hybridized carbons (Fsp3) is 0.562. The van der Waals surface area contributed by atoms with Gasteiger partial charge in [-0.15, -0.1) is 0 Å². The standard InChI is InChI=1S/C16H27N3O2/c1-4-17-16(18-5-2)19-11-6-12-21-13-14-7-9-15(20-3)10-8-14/h7-10H,4-6,11-13H2,1-3H3,(H2,17,18,19). The van der Waals surface area contributed by atoms with Gasteiger partial charge in [0.2, 0.25) is 0 Å². The molecule has 0 unspecified atom stereocenters. The van der Waals surface area contributed by atoms with Crippen LogP contribution in [-0.2, 0) is 11.3 Å². The van der Waals surface area contributed by atoms with Crippen LogP contribution in [0.25, 0.3) is 0 Å². The van der Waals surface area contributed by atoms with Gasteiger partial charge in [0, 0.05) is 26.2 Å². The minimum absolute atomic E-state index is 0.626. The van der Waals surface area contributed by atoms with Crippen LogP contribution in [0.3, 0.4) is 0 Å². The molecule has 0 aliphatic carbocycles. The number of nitrogens with zero attached hydrogens (tertiary/aromatic N) is 1. The van der Waals surface area contributed by atoms with Crippen molar-refractivity contribution in [3.8, 4) is 5.75 Å². The lowest BCUT2D eigenvalue weighted by Gasteiger charge is -2.09. The predicted molar refractivity (Wildman–Crippen MR) is 86.9 cm³/mol. The van der Waals surface area contributed by atoms with Crippen LogP contribution in [0.2, 0.25) is 0 Å². The molecule has 0 aliphatic heterocycles. The molecule has 0 heterocycles. The summed E-state index contributed by atoms with van der Waals surface area (Å²) in [4.78, 5) is 4.47. The first-order valence-corrected chi connectivity index (χ1v) is 7.53. The molecule has 1 aromatic rings. The van der Waals surface area contributed by atoms with Gasteiger partial charge in [-0.3, -0.25) is 4.99 Å². The van der Waals surface area contributed by atoms with Gasteiger partial charge in [-0.2, -0.15) is 0 Å². The van der Waals surface area contributed by atoms with E-state index in [1.165, 1.54) is 0 Å². The Morgan fingerprint density at radius 1 is 1.10 bits per heavy atom. The highest BCUT2D eigenvalue weighted by Gasteiger charge is 1.96. The van der Waals surface area contributed by atoms with Gasteiger partial charge < -0.3 is 20.1 Å². The lowest BCUT2D eigenvalue weighted by molar-refractivity contribution is 0.120. The van der Waals surface area contributed by atoms with Gasteiger partial charge >= 0.3 is 0 Å². The van der Waals surface area contributed by atoms with Gasteiger partial charge in [-0.25, -0.2) is 0 Å². The third-order valence-electron chi connectivity index (χ3n) is 2.83. The first kappa shape index (κ1) is 17.3. The summed E-state index contributed by atoms with van der Waals surface area (Å²) >= 11 is 0. The van der Waals surface area contributed by atoms with Crippen molar-refractivity contribution >= 4 is 5.96 Å². The van der Waals surface area contributed by atoms with E-state index in [4.69, 9.17) is 9.47 Å². The maximum Gasteiger partial charge on any atom is 0.191 e. The zero-order valence-corrected chi connectivity index (χ0v) is 13.3. The molecule has 0 atom stereocenters. The molecule has 0 fully saturated rings. The number of nitrogens with one attached hydrogen (secondary N) is 2. The first-order chi connectivity index (χ1) is 10.3. The van der Waals surface area contributed by atoms with E-state index in [2.05, 4.69) is 29.5 Å². The van der Waals surface area contributed by atoms with Crippen LogP contribution < -0.4 is 15.4 Å². The molecule has 5 nitrogen and oxygen atoms in total. The predicted octanol–water partition coefficient (Wildman–Crippen LogP) is 2.18. The number of hydrogen-bond donors (Lipinski definition) is 2. The molecular weight excluding hydrogens is 266 g/mol. The lowest BCUT2D eigenvalue weighted by Crippen LogP contribution is -2.37. The molecule has 0 amide bonds. The number of methoxy groups -OCH3 is 1. The summed E-state index contributed by atoms with van der Waals surface area (Å²) in [5.74, 6) is 1.74. The van der Waals surface area contributed by atoms with Crippen molar-refractivity contribution < 1.29 is 9.47 Å². The second-order valence-electron chi connectivity index (χ2n) is 4.55. The summed E-state index contributed by atoms with van der Waals surface area (Å²) in [6, 6.07) is 7.93. The van der Waals surface area contributed by atoms with E-state index in [1.54, 1.807) is 7.11 Å². The van der Waals surface area contributed by atoms with Crippen molar-refractivity contribution in [1.82, 2.24) is 10.6 Å². The van der Waals surface area contributed by atoms with E-state index in [1.807, 2.05) is 24.3 Å². The second-order valence-corrected chi connectivity index (χ2v) is 4.55. The molecule has 0 saturated heterocycles. The average Bonchev–Trinajstić information content (AvgIpc) is 2.51. The van der Waals surface area contributed by atoms with E-state index in [0.29, 0.717) is 13.2 Å². The normalized spacial score (nSPS) is 10.0. The average molecular weight is 293 g/mol. The summed E-state index contributed by atoms with van der Waals surface area (Å²) < 4.78 is 10.8. The van der Waals surface area contributed by atoms with Crippen LogP contribution in [0, 0.1) is 0 Å². The highest BCUT2D eigenvalue weighted by atomic mass is 16.5. The van der Waals surface area contributed by atoms with Crippen LogP contribution in [0.15, 0.2) is 29.3 Å². The maximum atomic E-state index is 5.64. The van der Waals surface area contributed by atoms with E-state index in [-0.39, 0.29) is 0 Å². The van der Waals surface area contributed by atoms with Crippen molar-refractivity contribution in [1.29, 1.82) is 0 Å². The Morgan fingerprint density at radius 2 is 1.76 bits per heavy atom. The lowest BCUT2D eigenvalue weighted by atomic mass is 10.2. The summed E-state index contributed by atoms with van der Waals surface area (Å²) in [7, 11) is 1.67. The third-order valence-corrected chi connectivity index (χ3v) is 2.83. The number of benzene rings is 1. The largest absolute Gasteiger partial charge is 0.497 e. The molecule has 0 aliphatic rings. The van der Waals surface area contributed by atoms with Crippen LogP contribution in [-0.4, -0.2) is 39.3 Å². The highest BCUT2D eigenvalue weighted by Crippen LogP contribution is 2.11. The van der Waals surface area contributed by atoms with E-state index in [0.717, 1.165) is 43.3 Å². The molecule has 0 aromatic heterocycles. The monoisotopic (exact) mass is 293 g/mol. The van der Waals surface area contributed by atoms with E-state index < -0.39 is 0 Å². The fourth-order valence-electron chi connectivity index (χ4n) is 1.78. The molecule has 1 rings (SSSR count). The zero-order valence-electron chi connectivity index (χ0n) is 13.3. The van der Waals surface area contributed by atoms with Crippen LogP contribution in [0.1, 0.15) is 25.8 Å². The number of ether oxygens (including phenoxy) is 2. The van der Waals surface area contributed by atoms with Crippen LogP contribution in [0.4, 0.5) is 0 Å². The molecule has 21 heavy (non-hydrogen) atoms. The first-order valence-electron chi connectivity index (χ1n) is 7.53. The summed E-state index contributed by atoms with van der Waals surface area (Å²) in [5.41, 5.74) is 1.15. The van der Waals surface area contributed by atoms with Gasteiger partial charge in [-0.05, 0) is 38.0 Å². The van der Waals surface area contributed by atoms with Gasteiger partial charge in [0.25, 0.3) is 0 Å². The quantitative estimate of drug-likeness (QED) is 0.416. The van der Waals surface area contributed by atoms with Crippen LogP contribution >= 0.6 is 0 Å². The molecule has 118 valence electrons. The number of guanidine groups is 1. The Kier molecular flexibility index (Phi) is 9.04. The number of aliphatic imine (C=N–C) groups is 1. The van der Waals surface area contributed by atoms with Gasteiger partial charge in [0.05, 0.1) is 13.7 Å². The van der Waals surface area contributed by atoms with Crippen molar-refractivity contribution in [2.45, 2.75) is 26.9 Å². The maximum absolute atomic E-state index is 5.64. The zero-order chi connectivity index (χ0) is 15.3. The molecule has 1 aromatic carbocycles. The van der Waals surface area contributed by atoms with Gasteiger partial charge in [0.15, 0.2) is 5.96 Å². The van der Waals surface area contributed by atoms with Gasteiger partial charge in [0.1, 0.15) is 5.75 Å². The van der Waals surface area contributed by atoms with Crippen molar-refractivity contribution in [3.05, 3.63) is 29.8 Å². The second kappa shape index (κ2) is 11.0. The van der Waals surface area contributed by atoms with Crippen molar-refractivity contribution in [3.63, 3.8) is 0 Å².